The summed E-state index contributed by atoms with van der Waals surface area (Å²) in [5.74, 6) is -3.37. The number of benzene rings is 2. The fourth-order valence-corrected chi connectivity index (χ4v) is 2.40. The molecule has 22 heavy (non-hydrogen) atoms. The van der Waals surface area contributed by atoms with Crippen LogP contribution in [0.25, 0.3) is 0 Å². The second-order valence-corrected chi connectivity index (χ2v) is 5.53. The fraction of sp³-hybridized carbons (Fsp3) is 0. The Bertz CT molecular complexity index is 689. The third kappa shape index (κ3) is 3.59. The highest BCUT2D eigenvalue weighted by atomic mass is 35.5. The topological polar surface area (TPSA) is 116 Å². The molecule has 0 aliphatic carbocycles. The third-order valence-corrected chi connectivity index (χ3v) is 3.42. The van der Waals surface area contributed by atoms with E-state index in [1.807, 2.05) is 0 Å². The normalized spacial score (nSPS) is 10.7. The predicted molar refractivity (Wildman–Crippen MR) is 79.0 cm³/mol. The summed E-state index contributed by atoms with van der Waals surface area (Å²) in [6, 6.07) is 4.28. The zero-order valence-electron chi connectivity index (χ0n) is 10.5. The summed E-state index contributed by atoms with van der Waals surface area (Å²) in [5, 5.41) is 37.8. The molecule has 0 heterocycles. The number of halogens is 2. The van der Waals surface area contributed by atoms with E-state index in [0.29, 0.717) is 0 Å². The zero-order valence-corrected chi connectivity index (χ0v) is 12.8. The van der Waals surface area contributed by atoms with Gasteiger partial charge in [0.2, 0.25) is 11.5 Å². The van der Waals surface area contributed by atoms with Gasteiger partial charge in [-0.1, -0.05) is 23.2 Å². The van der Waals surface area contributed by atoms with E-state index in [-0.39, 0.29) is 10.0 Å². The molecule has 0 aliphatic rings. The van der Waals surface area contributed by atoms with Gasteiger partial charge in [0, 0.05) is 34.3 Å². The molecule has 0 saturated carbocycles. The Labute approximate surface area is 136 Å². The Morgan fingerprint density at radius 2 is 1.14 bits per heavy atom. The fourth-order valence-electron chi connectivity index (χ4n) is 1.41. The van der Waals surface area contributed by atoms with E-state index < -0.39 is 45.9 Å². The van der Waals surface area contributed by atoms with Gasteiger partial charge >= 0.3 is 11.4 Å². The molecule has 0 aliphatic heterocycles. The van der Waals surface area contributed by atoms with E-state index in [2.05, 4.69) is 0 Å². The van der Waals surface area contributed by atoms with Crippen LogP contribution in [0.5, 0.6) is 34.5 Å². The lowest BCUT2D eigenvalue weighted by Gasteiger charge is -2.10. The van der Waals surface area contributed by atoms with Crippen molar-refractivity contribution in [1.82, 2.24) is 0 Å². The molecule has 0 atom stereocenters. The van der Waals surface area contributed by atoms with Crippen molar-refractivity contribution in [1.29, 1.82) is 0 Å². The summed E-state index contributed by atoms with van der Waals surface area (Å²) in [4.78, 5) is 0. The van der Waals surface area contributed by atoms with Crippen LogP contribution in [0.3, 0.4) is 0 Å². The molecular weight excluding hydrogens is 359 g/mol. The van der Waals surface area contributed by atoms with E-state index in [0.717, 1.165) is 24.3 Å². The molecule has 2 rings (SSSR count). The van der Waals surface area contributed by atoms with Crippen molar-refractivity contribution in [3.05, 3.63) is 34.3 Å². The van der Waals surface area contributed by atoms with E-state index in [1.165, 1.54) is 0 Å². The molecular formula is C12H8Cl2O7S. The quantitative estimate of drug-likeness (QED) is 0.614. The molecule has 0 aromatic heterocycles. The molecule has 0 spiro atoms. The zero-order chi connectivity index (χ0) is 16.4. The Kier molecular flexibility index (Phi) is 4.74. The summed E-state index contributed by atoms with van der Waals surface area (Å²) in [6.45, 7) is 0. The summed E-state index contributed by atoms with van der Waals surface area (Å²) < 4.78 is 21.3. The molecule has 0 fully saturated rings. The van der Waals surface area contributed by atoms with Gasteiger partial charge in [0.25, 0.3) is 0 Å². The lowest BCUT2D eigenvalue weighted by molar-refractivity contribution is 0.370. The Balaban J connectivity index is 2.21. The Morgan fingerprint density at radius 3 is 1.50 bits per heavy atom. The first-order valence-corrected chi connectivity index (χ1v) is 7.25. The molecule has 7 nitrogen and oxygen atoms in total. The van der Waals surface area contributed by atoms with Gasteiger partial charge in [-0.25, -0.2) is 0 Å². The van der Waals surface area contributed by atoms with Gasteiger partial charge in [0.05, 0.1) is 0 Å². The standard InChI is InChI=1S/C12H8Cl2O7S/c13-5-1-7(15)11(17)9(3-5)20-22(19)21-10-4-6(14)2-8(16)12(10)18/h1-4,15-18H. The molecule has 0 saturated heterocycles. The van der Waals surface area contributed by atoms with Crippen LogP contribution in [0.4, 0.5) is 0 Å². The van der Waals surface area contributed by atoms with Gasteiger partial charge in [0.1, 0.15) is 0 Å². The SMILES string of the molecule is O=S(Oc1cc(Cl)cc(O)c1O)Oc1cc(Cl)cc(O)c1O. The highest BCUT2D eigenvalue weighted by molar-refractivity contribution is 7.76. The van der Waals surface area contributed by atoms with Crippen molar-refractivity contribution < 1.29 is 33.0 Å². The van der Waals surface area contributed by atoms with Crippen LogP contribution >= 0.6 is 23.2 Å². The number of phenolic OH excluding ortho intramolecular Hbond substituents is 4. The van der Waals surface area contributed by atoms with Crippen molar-refractivity contribution in [3.8, 4) is 34.5 Å². The van der Waals surface area contributed by atoms with Gasteiger partial charge in [-0.2, -0.15) is 4.21 Å². The minimum absolute atomic E-state index is 0.0190. The first kappa shape index (κ1) is 16.3. The molecule has 118 valence electrons. The molecule has 2 aromatic rings. The number of rotatable bonds is 4. The maximum Gasteiger partial charge on any atom is 0.417 e. The molecule has 0 amide bonds. The van der Waals surface area contributed by atoms with Crippen LogP contribution in [-0.2, 0) is 11.4 Å². The lowest BCUT2D eigenvalue weighted by atomic mass is 10.3. The molecule has 10 heteroatoms. The molecule has 0 unspecified atom stereocenters. The second kappa shape index (κ2) is 6.39. The minimum atomic E-state index is -2.54. The predicted octanol–water partition coefficient (Wildman–Crippen LogP) is 2.85. The third-order valence-electron chi connectivity index (χ3n) is 2.35. The Hall–Kier alpha value is -2.03. The summed E-state index contributed by atoms with van der Waals surface area (Å²) in [7, 11) is 0. The first-order valence-electron chi connectivity index (χ1n) is 5.49. The van der Waals surface area contributed by atoms with Crippen molar-refractivity contribution in [2.75, 3.05) is 0 Å². The monoisotopic (exact) mass is 366 g/mol. The van der Waals surface area contributed by atoms with E-state index >= 15 is 0 Å². The highest BCUT2D eigenvalue weighted by Gasteiger charge is 2.17. The highest BCUT2D eigenvalue weighted by Crippen LogP contribution is 2.40. The average Bonchev–Trinajstić information content (AvgIpc) is 2.41. The lowest BCUT2D eigenvalue weighted by Crippen LogP contribution is -2.08. The largest absolute Gasteiger partial charge is 0.504 e. The van der Waals surface area contributed by atoms with Gasteiger partial charge in [-0.05, 0) is 0 Å². The van der Waals surface area contributed by atoms with Crippen LogP contribution in [0, 0.1) is 0 Å². The molecule has 0 bridgehead atoms. The maximum absolute atomic E-state index is 11.7. The minimum Gasteiger partial charge on any atom is -0.504 e. The van der Waals surface area contributed by atoms with Crippen molar-refractivity contribution in [3.63, 3.8) is 0 Å². The van der Waals surface area contributed by atoms with Gasteiger partial charge < -0.3 is 28.8 Å². The van der Waals surface area contributed by atoms with Gasteiger partial charge in [-0.15, -0.1) is 0 Å². The van der Waals surface area contributed by atoms with Crippen LogP contribution in [0.1, 0.15) is 0 Å². The number of hydrogen-bond donors (Lipinski definition) is 4. The second-order valence-electron chi connectivity index (χ2n) is 3.91. The maximum atomic E-state index is 11.7. The van der Waals surface area contributed by atoms with Gasteiger partial charge in [0.15, 0.2) is 23.0 Å². The van der Waals surface area contributed by atoms with Crippen LogP contribution in [0.2, 0.25) is 10.0 Å². The van der Waals surface area contributed by atoms with Crippen LogP contribution in [-0.4, -0.2) is 24.6 Å². The molecule has 4 N–H and O–H groups in total. The number of phenols is 4. The van der Waals surface area contributed by atoms with Crippen molar-refractivity contribution in [2.24, 2.45) is 0 Å². The van der Waals surface area contributed by atoms with E-state index in [9.17, 15) is 24.6 Å². The Morgan fingerprint density at radius 1 is 0.773 bits per heavy atom. The van der Waals surface area contributed by atoms with Crippen LogP contribution < -0.4 is 8.37 Å². The molecule has 0 radical (unpaired) electrons. The number of hydrogen-bond acceptors (Lipinski definition) is 7. The van der Waals surface area contributed by atoms with Crippen molar-refractivity contribution >= 4 is 34.6 Å². The van der Waals surface area contributed by atoms with Crippen molar-refractivity contribution in [2.45, 2.75) is 0 Å². The molecule has 2 aromatic carbocycles. The smallest absolute Gasteiger partial charge is 0.417 e. The van der Waals surface area contributed by atoms with E-state index in [4.69, 9.17) is 31.6 Å². The van der Waals surface area contributed by atoms with Crippen LogP contribution in [0.15, 0.2) is 24.3 Å². The average molecular weight is 367 g/mol. The summed E-state index contributed by atoms with van der Waals surface area (Å²) >= 11 is 8.77. The van der Waals surface area contributed by atoms with E-state index in [1.54, 1.807) is 0 Å². The summed E-state index contributed by atoms with van der Waals surface area (Å²) in [6.07, 6.45) is 0. The summed E-state index contributed by atoms with van der Waals surface area (Å²) in [5.41, 5.74) is 0. The first-order chi connectivity index (χ1) is 10.3. The number of aromatic hydroxyl groups is 4. The van der Waals surface area contributed by atoms with Gasteiger partial charge in [-0.3, -0.25) is 0 Å².